The Labute approximate surface area is 150 Å². The van der Waals surface area contributed by atoms with Crippen LogP contribution < -0.4 is 11.1 Å². The number of hydrogen-bond acceptors (Lipinski definition) is 2. The number of aliphatic imine (C=N–C) groups is 1. The summed E-state index contributed by atoms with van der Waals surface area (Å²) in [6, 6.07) is 10.7. The lowest BCUT2D eigenvalue weighted by molar-refractivity contribution is 0.530. The van der Waals surface area contributed by atoms with Gasteiger partial charge in [0.05, 0.1) is 17.9 Å². The maximum absolute atomic E-state index is 6.13. The first kappa shape index (κ1) is 17.5. The first-order valence-corrected chi connectivity index (χ1v) is 9.32. The third kappa shape index (κ3) is 4.41. The fraction of sp³-hybridized carbons (Fsp3) is 0.500. The highest BCUT2D eigenvalue weighted by molar-refractivity contribution is 5.78. The van der Waals surface area contributed by atoms with E-state index in [1.165, 1.54) is 38.5 Å². The van der Waals surface area contributed by atoms with Gasteiger partial charge in [-0.2, -0.15) is 5.10 Å². The Morgan fingerprint density at radius 2 is 1.84 bits per heavy atom. The monoisotopic (exact) mass is 339 g/mol. The molecule has 0 amide bonds. The molecule has 0 bridgehead atoms. The molecule has 25 heavy (non-hydrogen) atoms. The van der Waals surface area contributed by atoms with Crippen molar-refractivity contribution in [2.24, 2.45) is 10.7 Å². The van der Waals surface area contributed by atoms with E-state index >= 15 is 0 Å². The second kappa shape index (κ2) is 8.19. The van der Waals surface area contributed by atoms with Crippen LogP contribution in [0.1, 0.15) is 55.5 Å². The number of rotatable bonds is 4. The molecule has 0 radical (unpaired) electrons. The molecule has 134 valence electrons. The van der Waals surface area contributed by atoms with Crippen LogP contribution in [0.3, 0.4) is 0 Å². The molecular weight excluding hydrogens is 310 g/mol. The standard InChI is InChI=1S/C20H29N5/c1-15-19(16(2)25(24-15)18-12-8-5-9-13-18)14-22-20(21)23-17-10-6-3-4-7-11-17/h5,8-9,12-13,17H,3-4,6-7,10-11,14H2,1-2H3,(H3,21,22,23). The molecule has 0 aliphatic heterocycles. The van der Waals surface area contributed by atoms with E-state index in [0.29, 0.717) is 18.5 Å². The Hall–Kier alpha value is -2.30. The number of aryl methyl sites for hydroxylation is 1. The molecule has 1 aliphatic carbocycles. The highest BCUT2D eigenvalue weighted by Gasteiger charge is 2.14. The minimum absolute atomic E-state index is 0.473. The molecule has 2 aromatic rings. The summed E-state index contributed by atoms with van der Waals surface area (Å²) in [6.07, 6.45) is 7.64. The largest absolute Gasteiger partial charge is 0.370 e. The molecule has 1 aromatic heterocycles. The predicted octanol–water partition coefficient (Wildman–Crippen LogP) is 3.62. The van der Waals surface area contributed by atoms with Crippen LogP contribution in [0.4, 0.5) is 0 Å². The average molecular weight is 339 g/mol. The van der Waals surface area contributed by atoms with Gasteiger partial charge >= 0.3 is 0 Å². The van der Waals surface area contributed by atoms with Crippen LogP contribution in [0, 0.1) is 13.8 Å². The molecule has 1 heterocycles. The number of aromatic nitrogens is 2. The van der Waals surface area contributed by atoms with Crippen molar-refractivity contribution in [3.8, 4) is 5.69 Å². The minimum Gasteiger partial charge on any atom is -0.370 e. The summed E-state index contributed by atoms with van der Waals surface area (Å²) < 4.78 is 1.98. The smallest absolute Gasteiger partial charge is 0.189 e. The molecule has 1 saturated carbocycles. The molecule has 0 saturated heterocycles. The van der Waals surface area contributed by atoms with Crippen LogP contribution in [0.25, 0.3) is 5.69 Å². The van der Waals surface area contributed by atoms with Gasteiger partial charge in [0.25, 0.3) is 0 Å². The Morgan fingerprint density at radius 1 is 1.16 bits per heavy atom. The Bertz CT molecular complexity index is 709. The summed E-state index contributed by atoms with van der Waals surface area (Å²) in [4.78, 5) is 4.58. The zero-order valence-electron chi connectivity index (χ0n) is 15.3. The molecule has 1 aromatic carbocycles. The summed E-state index contributed by atoms with van der Waals surface area (Å²) >= 11 is 0. The molecule has 0 unspecified atom stereocenters. The van der Waals surface area contributed by atoms with E-state index < -0.39 is 0 Å². The first-order chi connectivity index (χ1) is 12.1. The molecule has 1 fully saturated rings. The van der Waals surface area contributed by atoms with E-state index in [-0.39, 0.29) is 0 Å². The van der Waals surface area contributed by atoms with Gasteiger partial charge in [0.15, 0.2) is 5.96 Å². The van der Waals surface area contributed by atoms with Crippen LogP contribution in [0.2, 0.25) is 0 Å². The van der Waals surface area contributed by atoms with Crippen molar-refractivity contribution < 1.29 is 0 Å². The maximum Gasteiger partial charge on any atom is 0.189 e. The molecular formula is C20H29N5. The lowest BCUT2D eigenvalue weighted by atomic mass is 10.1. The molecule has 1 aliphatic rings. The SMILES string of the molecule is Cc1nn(-c2ccccc2)c(C)c1CN=C(N)NC1CCCCCC1. The summed E-state index contributed by atoms with van der Waals surface area (Å²) in [7, 11) is 0. The van der Waals surface area contributed by atoms with Crippen molar-refractivity contribution in [3.05, 3.63) is 47.3 Å². The van der Waals surface area contributed by atoms with Crippen molar-refractivity contribution in [2.75, 3.05) is 0 Å². The van der Waals surface area contributed by atoms with Gasteiger partial charge in [-0.25, -0.2) is 9.67 Å². The summed E-state index contributed by atoms with van der Waals surface area (Å²) in [6.45, 7) is 4.69. The molecule has 0 spiro atoms. The number of nitrogens with zero attached hydrogens (tertiary/aromatic N) is 3. The van der Waals surface area contributed by atoms with Gasteiger partial charge in [0, 0.05) is 17.3 Å². The van der Waals surface area contributed by atoms with Crippen LogP contribution in [0.15, 0.2) is 35.3 Å². The summed E-state index contributed by atoms with van der Waals surface area (Å²) in [5.74, 6) is 0.554. The Balaban J connectivity index is 1.69. The van der Waals surface area contributed by atoms with Crippen LogP contribution in [-0.2, 0) is 6.54 Å². The van der Waals surface area contributed by atoms with E-state index in [0.717, 1.165) is 22.6 Å². The van der Waals surface area contributed by atoms with E-state index in [9.17, 15) is 0 Å². The van der Waals surface area contributed by atoms with Crippen molar-refractivity contribution in [3.63, 3.8) is 0 Å². The van der Waals surface area contributed by atoms with E-state index in [4.69, 9.17) is 5.73 Å². The van der Waals surface area contributed by atoms with Gasteiger partial charge in [0.1, 0.15) is 0 Å². The Morgan fingerprint density at radius 3 is 2.52 bits per heavy atom. The third-order valence-corrected chi connectivity index (χ3v) is 5.06. The zero-order valence-corrected chi connectivity index (χ0v) is 15.3. The average Bonchev–Trinajstić information content (AvgIpc) is 2.79. The van der Waals surface area contributed by atoms with Crippen LogP contribution in [0.5, 0.6) is 0 Å². The normalized spacial score (nSPS) is 16.6. The van der Waals surface area contributed by atoms with Crippen LogP contribution in [-0.4, -0.2) is 21.8 Å². The number of guanidine groups is 1. The zero-order chi connectivity index (χ0) is 17.6. The molecule has 5 heteroatoms. The Kier molecular flexibility index (Phi) is 5.74. The minimum atomic E-state index is 0.473. The van der Waals surface area contributed by atoms with Crippen molar-refractivity contribution in [1.82, 2.24) is 15.1 Å². The second-order valence-electron chi connectivity index (χ2n) is 6.93. The summed E-state index contributed by atoms with van der Waals surface area (Å²) in [5.41, 5.74) is 10.5. The van der Waals surface area contributed by atoms with Gasteiger partial charge in [-0.15, -0.1) is 0 Å². The first-order valence-electron chi connectivity index (χ1n) is 9.32. The van der Waals surface area contributed by atoms with Crippen molar-refractivity contribution >= 4 is 5.96 Å². The van der Waals surface area contributed by atoms with Gasteiger partial charge in [0.2, 0.25) is 0 Å². The van der Waals surface area contributed by atoms with E-state index in [1.54, 1.807) is 0 Å². The summed E-state index contributed by atoms with van der Waals surface area (Å²) in [5, 5.41) is 8.08. The topological polar surface area (TPSA) is 68.2 Å². The molecule has 5 nitrogen and oxygen atoms in total. The third-order valence-electron chi connectivity index (χ3n) is 5.06. The van der Waals surface area contributed by atoms with Gasteiger partial charge in [-0.3, -0.25) is 0 Å². The molecule has 0 atom stereocenters. The van der Waals surface area contributed by atoms with Crippen molar-refractivity contribution in [1.29, 1.82) is 0 Å². The van der Waals surface area contributed by atoms with E-state index in [1.807, 2.05) is 29.8 Å². The van der Waals surface area contributed by atoms with Crippen molar-refractivity contribution in [2.45, 2.75) is 65.0 Å². The molecule has 3 N–H and O–H groups in total. The number of para-hydroxylation sites is 1. The highest BCUT2D eigenvalue weighted by atomic mass is 15.3. The molecule has 3 rings (SSSR count). The maximum atomic E-state index is 6.13. The highest BCUT2D eigenvalue weighted by Crippen LogP contribution is 2.19. The van der Waals surface area contributed by atoms with Gasteiger partial charge < -0.3 is 11.1 Å². The number of hydrogen-bond donors (Lipinski definition) is 2. The van der Waals surface area contributed by atoms with Gasteiger partial charge in [-0.1, -0.05) is 43.9 Å². The fourth-order valence-corrected chi connectivity index (χ4v) is 3.57. The fourth-order valence-electron chi connectivity index (χ4n) is 3.57. The quantitative estimate of drug-likeness (QED) is 0.508. The number of nitrogens with one attached hydrogen (secondary N) is 1. The van der Waals surface area contributed by atoms with Gasteiger partial charge in [-0.05, 0) is 38.8 Å². The van der Waals surface area contributed by atoms with Crippen LogP contribution >= 0.6 is 0 Å². The number of benzene rings is 1. The van der Waals surface area contributed by atoms with E-state index in [2.05, 4.69) is 34.5 Å². The number of nitrogens with two attached hydrogens (primary N) is 1. The second-order valence-corrected chi connectivity index (χ2v) is 6.93. The predicted molar refractivity (Wildman–Crippen MR) is 103 cm³/mol. The lowest BCUT2D eigenvalue weighted by Gasteiger charge is -2.16. The lowest BCUT2D eigenvalue weighted by Crippen LogP contribution is -2.39.